The molecular weight excluding hydrogens is 585 g/mol. The zero-order chi connectivity index (χ0) is 29.8. The Kier molecular flexibility index (Phi) is 10.3. The van der Waals surface area contributed by atoms with Crippen LogP contribution in [0.2, 0.25) is 5.02 Å². The minimum Gasteiger partial charge on any atom is -0.434 e. The minimum absolute atomic E-state index is 0.0354. The van der Waals surface area contributed by atoms with E-state index in [4.69, 9.17) is 11.6 Å². The van der Waals surface area contributed by atoms with Crippen LogP contribution < -0.4 is 15.4 Å². The molecule has 1 fully saturated rings. The third-order valence-corrected chi connectivity index (χ3v) is 8.67. The van der Waals surface area contributed by atoms with Crippen molar-refractivity contribution in [3.05, 3.63) is 23.0 Å². The quantitative estimate of drug-likeness (QED) is 0.329. The number of amides is 1. The average molecular weight is 616 g/mol. The molecule has 0 spiro atoms. The van der Waals surface area contributed by atoms with Crippen LogP contribution in [0, 0.1) is 5.92 Å². The van der Waals surface area contributed by atoms with Gasteiger partial charge in [-0.3, -0.25) is 9.48 Å². The Morgan fingerprint density at radius 1 is 1.25 bits per heavy atom. The number of aryl methyl sites for hydroxylation is 1. The molecule has 3 rings (SSSR count). The Morgan fingerprint density at radius 3 is 2.45 bits per heavy atom. The maximum Gasteiger partial charge on any atom is 0.391 e. The lowest BCUT2D eigenvalue weighted by Crippen LogP contribution is -2.34. The smallest absolute Gasteiger partial charge is 0.391 e. The summed E-state index contributed by atoms with van der Waals surface area (Å²) >= 11 is 6.51. The van der Waals surface area contributed by atoms with Crippen molar-refractivity contribution in [2.45, 2.75) is 76.6 Å². The number of carbonyl (C=O) groups excluding carboxylic acids is 1. The van der Waals surface area contributed by atoms with Crippen LogP contribution in [0.5, 0.6) is 5.75 Å². The molecular formula is C24H31ClF5N5O4S. The third-order valence-electron chi connectivity index (χ3n) is 6.63. The van der Waals surface area contributed by atoms with Crippen LogP contribution in [0.15, 0.2) is 12.3 Å². The van der Waals surface area contributed by atoms with Gasteiger partial charge in [0.25, 0.3) is 5.91 Å². The molecule has 1 atom stereocenters. The van der Waals surface area contributed by atoms with Crippen LogP contribution in [0.1, 0.15) is 56.4 Å². The van der Waals surface area contributed by atoms with E-state index in [9.17, 15) is 35.2 Å². The number of alkyl halides is 5. The molecule has 0 saturated heterocycles. The normalized spacial score (nSPS) is 18.9. The summed E-state index contributed by atoms with van der Waals surface area (Å²) in [5.41, 5.74) is -0.125. The molecule has 0 bridgehead atoms. The number of hydrogen-bond acceptors (Lipinski definition) is 7. The van der Waals surface area contributed by atoms with Crippen molar-refractivity contribution in [1.82, 2.24) is 20.1 Å². The van der Waals surface area contributed by atoms with Gasteiger partial charge in [-0.2, -0.15) is 27.1 Å². The van der Waals surface area contributed by atoms with Gasteiger partial charge in [0.1, 0.15) is 21.4 Å². The van der Waals surface area contributed by atoms with E-state index in [1.54, 1.807) is 6.92 Å². The van der Waals surface area contributed by atoms with E-state index in [1.165, 1.54) is 17.9 Å². The second-order valence-electron chi connectivity index (χ2n) is 9.82. The number of rotatable bonds is 11. The molecule has 0 aromatic carbocycles. The molecule has 40 heavy (non-hydrogen) atoms. The molecule has 2 aromatic heterocycles. The summed E-state index contributed by atoms with van der Waals surface area (Å²) in [5.74, 6) is -1.08. The van der Waals surface area contributed by atoms with E-state index >= 15 is 0 Å². The van der Waals surface area contributed by atoms with Crippen molar-refractivity contribution >= 4 is 33.2 Å². The number of nitrogens with zero attached hydrogens (tertiary/aromatic N) is 3. The number of pyridine rings is 1. The van der Waals surface area contributed by atoms with E-state index in [-0.39, 0.29) is 52.0 Å². The molecule has 0 unspecified atom stereocenters. The van der Waals surface area contributed by atoms with Gasteiger partial charge in [0.05, 0.1) is 28.0 Å². The summed E-state index contributed by atoms with van der Waals surface area (Å²) in [4.78, 5) is 17.0. The summed E-state index contributed by atoms with van der Waals surface area (Å²) in [7, 11) is -3.12. The lowest BCUT2D eigenvalue weighted by atomic mass is 9.89. The lowest BCUT2D eigenvalue weighted by molar-refractivity contribution is -0.136. The van der Waals surface area contributed by atoms with Crippen molar-refractivity contribution in [2.24, 2.45) is 5.92 Å². The maximum absolute atomic E-state index is 13.3. The average Bonchev–Trinajstić information content (AvgIpc) is 3.17. The number of nitrogens with one attached hydrogen (secondary N) is 2. The first-order chi connectivity index (χ1) is 18.6. The standard InChI is InChI=1S/C24H31ClF5N5O4S/c1-4-35-21(16-12-31-18(9-17(16)39-23(26)27)33-13(2)10-24(28,29)30)19(25)20(34-35)22(36)32-11-14-5-7-15(8-6-14)40(3,37)38/h9,12-15,23H,4-8,10-11H2,1-3H3,(H,31,33)(H,32,36)/t13-,14?,15?/m1/s1. The Bertz CT molecular complexity index is 1300. The van der Waals surface area contributed by atoms with Crippen molar-refractivity contribution < 1.29 is 39.9 Å². The van der Waals surface area contributed by atoms with Gasteiger partial charge in [-0.15, -0.1) is 0 Å². The molecule has 0 radical (unpaired) electrons. The maximum atomic E-state index is 13.3. The Labute approximate surface area is 233 Å². The molecule has 1 saturated carbocycles. The van der Waals surface area contributed by atoms with E-state index < -0.39 is 46.7 Å². The van der Waals surface area contributed by atoms with E-state index in [1.807, 2.05) is 0 Å². The highest BCUT2D eigenvalue weighted by Crippen LogP contribution is 2.38. The van der Waals surface area contributed by atoms with Crippen molar-refractivity contribution in [2.75, 3.05) is 18.1 Å². The first-order valence-corrected chi connectivity index (χ1v) is 14.9. The SMILES string of the molecule is CCn1nc(C(=O)NCC2CCC(S(C)(=O)=O)CC2)c(Cl)c1-c1cnc(N[C@H](C)CC(F)(F)F)cc1OC(F)F. The highest BCUT2D eigenvalue weighted by atomic mass is 35.5. The largest absolute Gasteiger partial charge is 0.434 e. The van der Waals surface area contributed by atoms with Crippen LogP contribution >= 0.6 is 11.6 Å². The summed E-state index contributed by atoms with van der Waals surface area (Å²) in [6, 6.07) is -0.0659. The Hall–Kier alpha value is -2.68. The molecule has 0 aliphatic heterocycles. The Morgan fingerprint density at radius 2 is 1.90 bits per heavy atom. The van der Waals surface area contributed by atoms with Gasteiger partial charge in [0.15, 0.2) is 5.69 Å². The number of sulfone groups is 1. The van der Waals surface area contributed by atoms with E-state index in [0.717, 1.165) is 12.3 Å². The molecule has 1 aliphatic carbocycles. The first kappa shape index (κ1) is 31.8. The summed E-state index contributed by atoms with van der Waals surface area (Å²) < 4.78 is 94.1. The van der Waals surface area contributed by atoms with Gasteiger partial charge >= 0.3 is 12.8 Å². The van der Waals surface area contributed by atoms with E-state index in [0.29, 0.717) is 25.7 Å². The summed E-state index contributed by atoms with van der Waals surface area (Å²) in [6.07, 6.45) is -1.02. The van der Waals surface area contributed by atoms with Crippen molar-refractivity contribution in [3.8, 4) is 17.0 Å². The summed E-state index contributed by atoms with van der Waals surface area (Å²) in [6.45, 7) is 0.151. The molecule has 9 nitrogen and oxygen atoms in total. The van der Waals surface area contributed by atoms with Crippen molar-refractivity contribution in [1.29, 1.82) is 0 Å². The van der Waals surface area contributed by atoms with Crippen molar-refractivity contribution in [3.63, 3.8) is 0 Å². The second kappa shape index (κ2) is 12.9. The van der Waals surface area contributed by atoms with Gasteiger partial charge in [0, 0.05) is 37.7 Å². The van der Waals surface area contributed by atoms with Gasteiger partial charge in [-0.1, -0.05) is 11.6 Å². The summed E-state index contributed by atoms with van der Waals surface area (Å²) in [5, 5.41) is 8.96. The van der Waals surface area contributed by atoms with Crippen LogP contribution in [-0.2, 0) is 16.4 Å². The van der Waals surface area contributed by atoms with Crippen LogP contribution in [0.4, 0.5) is 27.8 Å². The number of ether oxygens (including phenoxy) is 1. The van der Waals surface area contributed by atoms with Gasteiger partial charge < -0.3 is 15.4 Å². The fraction of sp³-hybridized carbons (Fsp3) is 0.625. The highest BCUT2D eigenvalue weighted by Gasteiger charge is 2.31. The number of hydrogen-bond donors (Lipinski definition) is 2. The lowest BCUT2D eigenvalue weighted by Gasteiger charge is -2.27. The fourth-order valence-corrected chi connectivity index (χ4v) is 6.15. The van der Waals surface area contributed by atoms with Gasteiger partial charge in [0.2, 0.25) is 0 Å². The topological polar surface area (TPSA) is 115 Å². The van der Waals surface area contributed by atoms with Crippen LogP contribution in [0.25, 0.3) is 11.3 Å². The second-order valence-corrected chi connectivity index (χ2v) is 12.5. The predicted molar refractivity (Wildman–Crippen MR) is 139 cm³/mol. The predicted octanol–water partition coefficient (Wildman–Crippen LogP) is 5.31. The fourth-order valence-electron chi connectivity index (χ4n) is 4.69. The monoisotopic (exact) mass is 615 g/mol. The van der Waals surface area contributed by atoms with Gasteiger partial charge in [-0.05, 0) is 45.4 Å². The molecule has 2 heterocycles. The van der Waals surface area contributed by atoms with Crippen LogP contribution in [0.3, 0.4) is 0 Å². The first-order valence-electron chi connectivity index (χ1n) is 12.6. The van der Waals surface area contributed by atoms with E-state index in [2.05, 4.69) is 25.5 Å². The molecule has 2 N–H and O–H groups in total. The Balaban J connectivity index is 1.81. The van der Waals surface area contributed by atoms with Crippen LogP contribution in [-0.4, -0.2) is 66.0 Å². The minimum atomic E-state index is -4.44. The zero-order valence-corrected chi connectivity index (χ0v) is 23.6. The van der Waals surface area contributed by atoms with Gasteiger partial charge in [-0.25, -0.2) is 13.4 Å². The number of aromatic nitrogens is 3. The molecule has 2 aromatic rings. The molecule has 1 amide bonds. The number of carbonyl (C=O) groups is 1. The number of anilines is 1. The highest BCUT2D eigenvalue weighted by molar-refractivity contribution is 7.91. The molecule has 1 aliphatic rings. The number of halogens is 6. The molecule has 16 heteroatoms. The molecule has 224 valence electrons. The third kappa shape index (κ3) is 8.41. The zero-order valence-electron chi connectivity index (χ0n) is 22.1.